The number of aromatic nitrogens is 2. The average Bonchev–Trinajstić information content (AvgIpc) is 2.84. The highest BCUT2D eigenvalue weighted by Crippen LogP contribution is 2.11. The van der Waals surface area contributed by atoms with Gasteiger partial charge in [0.15, 0.2) is 5.78 Å². The van der Waals surface area contributed by atoms with E-state index in [1.165, 1.54) is 0 Å². The lowest BCUT2D eigenvalue weighted by Crippen LogP contribution is -2.28. The number of carbonyl (C=O) groups excluding carboxylic acids is 1. The van der Waals surface area contributed by atoms with Gasteiger partial charge in [0.2, 0.25) is 0 Å². The molecule has 0 amide bonds. The summed E-state index contributed by atoms with van der Waals surface area (Å²) in [6, 6.07) is 9.48. The van der Waals surface area contributed by atoms with Crippen molar-refractivity contribution in [1.29, 1.82) is 0 Å². The molecule has 1 atom stereocenters. The maximum Gasteiger partial charge on any atom is 0.166 e. The average molecular weight is 271 g/mol. The molecule has 1 aromatic carbocycles. The smallest absolute Gasteiger partial charge is 0.166 e. The summed E-state index contributed by atoms with van der Waals surface area (Å²) in [6.07, 6.45) is 3.86. The predicted molar refractivity (Wildman–Crippen MR) is 79.5 cm³/mol. The SMILES string of the molecule is CC(CN(C)Cc1cnn(C)c1)C(=O)c1ccccc1. The number of ketones is 1. The van der Waals surface area contributed by atoms with Gasteiger partial charge in [0.05, 0.1) is 6.20 Å². The zero-order chi connectivity index (χ0) is 14.5. The number of nitrogens with zero attached hydrogens (tertiary/aromatic N) is 3. The van der Waals surface area contributed by atoms with Crippen LogP contribution < -0.4 is 0 Å². The van der Waals surface area contributed by atoms with Crippen LogP contribution in [0.4, 0.5) is 0 Å². The standard InChI is InChI=1S/C16H21N3O/c1-13(16(20)15-7-5-4-6-8-15)10-18(2)11-14-9-17-19(3)12-14/h4-9,12-13H,10-11H2,1-3H3. The second-order valence-electron chi connectivity index (χ2n) is 5.35. The van der Waals surface area contributed by atoms with E-state index >= 15 is 0 Å². The van der Waals surface area contributed by atoms with Crippen LogP contribution in [-0.2, 0) is 13.6 Å². The lowest BCUT2D eigenvalue weighted by molar-refractivity contribution is 0.0901. The first-order valence-corrected chi connectivity index (χ1v) is 6.81. The van der Waals surface area contributed by atoms with E-state index in [9.17, 15) is 4.79 Å². The molecule has 0 N–H and O–H groups in total. The summed E-state index contributed by atoms with van der Waals surface area (Å²) in [5, 5.41) is 4.15. The summed E-state index contributed by atoms with van der Waals surface area (Å²) < 4.78 is 1.79. The van der Waals surface area contributed by atoms with Gasteiger partial charge >= 0.3 is 0 Å². The van der Waals surface area contributed by atoms with Crippen molar-refractivity contribution in [3.63, 3.8) is 0 Å². The molecule has 0 bridgehead atoms. The largest absolute Gasteiger partial charge is 0.301 e. The minimum atomic E-state index is -0.0147. The van der Waals surface area contributed by atoms with Crippen molar-refractivity contribution >= 4 is 5.78 Å². The quantitative estimate of drug-likeness (QED) is 0.757. The highest BCUT2D eigenvalue weighted by atomic mass is 16.1. The van der Waals surface area contributed by atoms with E-state index in [0.717, 1.165) is 24.2 Å². The van der Waals surface area contributed by atoms with E-state index in [-0.39, 0.29) is 11.7 Å². The first-order chi connectivity index (χ1) is 9.56. The van der Waals surface area contributed by atoms with Gasteiger partial charge in [-0.05, 0) is 7.05 Å². The fraction of sp³-hybridized carbons (Fsp3) is 0.375. The van der Waals surface area contributed by atoms with Crippen molar-refractivity contribution in [3.8, 4) is 0 Å². The molecule has 2 rings (SSSR count). The van der Waals surface area contributed by atoms with Crippen molar-refractivity contribution in [2.75, 3.05) is 13.6 Å². The molecule has 0 aliphatic carbocycles. The van der Waals surface area contributed by atoms with Gasteiger partial charge in [0.25, 0.3) is 0 Å². The van der Waals surface area contributed by atoms with E-state index in [1.807, 2.05) is 63.7 Å². The third-order valence-electron chi connectivity index (χ3n) is 3.30. The Hall–Kier alpha value is -1.94. The van der Waals surface area contributed by atoms with Gasteiger partial charge in [-0.15, -0.1) is 0 Å². The Morgan fingerprint density at radius 2 is 2.05 bits per heavy atom. The molecule has 1 unspecified atom stereocenters. The molecule has 0 saturated carbocycles. The van der Waals surface area contributed by atoms with E-state index in [0.29, 0.717) is 0 Å². The number of aryl methyl sites for hydroxylation is 1. The fourth-order valence-corrected chi connectivity index (χ4v) is 2.37. The molecule has 0 aliphatic heterocycles. The first-order valence-electron chi connectivity index (χ1n) is 6.81. The van der Waals surface area contributed by atoms with Crippen molar-refractivity contribution in [2.24, 2.45) is 13.0 Å². The van der Waals surface area contributed by atoms with Crippen molar-refractivity contribution < 1.29 is 4.79 Å². The highest BCUT2D eigenvalue weighted by molar-refractivity contribution is 5.97. The van der Waals surface area contributed by atoms with Gasteiger partial charge < -0.3 is 4.90 Å². The molecule has 2 aromatic rings. The molecule has 1 aromatic heterocycles. The summed E-state index contributed by atoms with van der Waals surface area (Å²) in [7, 11) is 3.94. The van der Waals surface area contributed by atoms with Crippen LogP contribution >= 0.6 is 0 Å². The summed E-state index contributed by atoms with van der Waals surface area (Å²) in [5.74, 6) is 0.183. The van der Waals surface area contributed by atoms with E-state index < -0.39 is 0 Å². The third-order valence-corrected chi connectivity index (χ3v) is 3.30. The Morgan fingerprint density at radius 1 is 1.35 bits per heavy atom. The Balaban J connectivity index is 1.90. The monoisotopic (exact) mass is 271 g/mol. The molecule has 0 saturated heterocycles. The van der Waals surface area contributed by atoms with Gasteiger partial charge in [-0.3, -0.25) is 9.48 Å². The highest BCUT2D eigenvalue weighted by Gasteiger charge is 2.17. The lowest BCUT2D eigenvalue weighted by Gasteiger charge is -2.20. The van der Waals surface area contributed by atoms with E-state index in [1.54, 1.807) is 4.68 Å². The molecule has 0 fully saturated rings. The van der Waals surface area contributed by atoms with Crippen molar-refractivity contribution in [3.05, 3.63) is 53.9 Å². The van der Waals surface area contributed by atoms with Gasteiger partial charge in [0.1, 0.15) is 0 Å². The molecule has 4 heteroatoms. The van der Waals surface area contributed by atoms with E-state index in [4.69, 9.17) is 0 Å². The topological polar surface area (TPSA) is 38.1 Å². The Bertz CT molecular complexity index is 562. The number of hydrogen-bond donors (Lipinski definition) is 0. The molecule has 0 aliphatic rings. The van der Waals surface area contributed by atoms with Crippen LogP contribution in [0.15, 0.2) is 42.7 Å². The van der Waals surface area contributed by atoms with Gasteiger partial charge in [0, 0.05) is 43.4 Å². The minimum absolute atomic E-state index is 0.0147. The molecule has 0 spiro atoms. The second-order valence-corrected chi connectivity index (χ2v) is 5.35. The normalized spacial score (nSPS) is 12.6. The second kappa shape index (κ2) is 6.48. The summed E-state index contributed by atoms with van der Waals surface area (Å²) >= 11 is 0. The fourth-order valence-electron chi connectivity index (χ4n) is 2.37. The molecule has 0 radical (unpaired) electrons. The van der Waals surface area contributed by atoms with E-state index in [2.05, 4.69) is 10.00 Å². The maximum absolute atomic E-state index is 12.3. The molecule has 20 heavy (non-hydrogen) atoms. The molecular weight excluding hydrogens is 250 g/mol. The van der Waals surface area contributed by atoms with Gasteiger partial charge in [-0.2, -0.15) is 5.10 Å². The van der Waals surface area contributed by atoms with Crippen molar-refractivity contribution in [2.45, 2.75) is 13.5 Å². The molecule has 1 heterocycles. The summed E-state index contributed by atoms with van der Waals surface area (Å²) in [5.41, 5.74) is 1.95. The van der Waals surface area contributed by atoms with Crippen LogP contribution in [0.3, 0.4) is 0 Å². The van der Waals surface area contributed by atoms with Gasteiger partial charge in [-0.25, -0.2) is 0 Å². The predicted octanol–water partition coefficient (Wildman–Crippen LogP) is 2.37. The molecular formula is C16H21N3O. The first kappa shape index (κ1) is 14.5. The Kier molecular flexibility index (Phi) is 4.69. The van der Waals surface area contributed by atoms with Crippen LogP contribution in [0.5, 0.6) is 0 Å². The van der Waals surface area contributed by atoms with Crippen LogP contribution in [0, 0.1) is 5.92 Å². The maximum atomic E-state index is 12.3. The number of benzene rings is 1. The van der Waals surface area contributed by atoms with Crippen LogP contribution in [0.1, 0.15) is 22.8 Å². The Labute approximate surface area is 120 Å². The van der Waals surface area contributed by atoms with Crippen LogP contribution in [0.2, 0.25) is 0 Å². The number of carbonyl (C=O) groups is 1. The third kappa shape index (κ3) is 3.78. The zero-order valence-electron chi connectivity index (χ0n) is 12.3. The van der Waals surface area contributed by atoms with Crippen molar-refractivity contribution in [1.82, 2.24) is 14.7 Å². The number of hydrogen-bond acceptors (Lipinski definition) is 3. The summed E-state index contributed by atoms with van der Waals surface area (Å²) in [6.45, 7) is 3.53. The number of Topliss-reactive ketones (excluding diaryl/α,β-unsaturated/α-hetero) is 1. The zero-order valence-corrected chi connectivity index (χ0v) is 12.3. The summed E-state index contributed by atoms with van der Waals surface area (Å²) in [4.78, 5) is 14.4. The van der Waals surface area contributed by atoms with Gasteiger partial charge in [-0.1, -0.05) is 37.3 Å². The number of rotatable bonds is 6. The van der Waals surface area contributed by atoms with Crippen LogP contribution in [-0.4, -0.2) is 34.1 Å². The lowest BCUT2D eigenvalue weighted by atomic mass is 9.99. The molecule has 106 valence electrons. The Morgan fingerprint density at radius 3 is 2.65 bits per heavy atom. The molecule has 4 nitrogen and oxygen atoms in total. The van der Waals surface area contributed by atoms with Crippen LogP contribution in [0.25, 0.3) is 0 Å². The minimum Gasteiger partial charge on any atom is -0.301 e.